The highest BCUT2D eigenvalue weighted by Crippen LogP contribution is 2.48. The zero-order valence-corrected chi connectivity index (χ0v) is 47.7. The highest BCUT2D eigenvalue weighted by molar-refractivity contribution is 7.89. The lowest BCUT2D eigenvalue weighted by Gasteiger charge is -2.47. The van der Waals surface area contributed by atoms with Gasteiger partial charge in [0.05, 0.1) is 40.9 Å². The summed E-state index contributed by atoms with van der Waals surface area (Å²) in [6.07, 6.45) is 1.89. The maximum Gasteiger partial charge on any atom is 0.240 e. The lowest BCUT2D eigenvalue weighted by Crippen LogP contribution is -2.49. The summed E-state index contributed by atoms with van der Waals surface area (Å²) in [5.74, 6) is 1.77. The van der Waals surface area contributed by atoms with Crippen molar-refractivity contribution in [3.05, 3.63) is 99.6 Å². The van der Waals surface area contributed by atoms with Crippen molar-refractivity contribution in [3.63, 3.8) is 0 Å². The average molecular weight is 1040 g/mol. The molecule has 0 fully saturated rings. The Balaban J connectivity index is 0.944. The minimum Gasteiger partial charge on any atom is -0.395 e. The zero-order valence-electron chi connectivity index (χ0n) is 46.9. The number of aliphatic hydroxyl groups excluding tert-OH is 2. The summed E-state index contributed by atoms with van der Waals surface area (Å²) in [5.41, 5.74) is 10.9. The van der Waals surface area contributed by atoms with Gasteiger partial charge < -0.3 is 20.0 Å². The van der Waals surface area contributed by atoms with Crippen LogP contribution >= 0.6 is 0 Å². The number of aromatic nitrogens is 6. The summed E-state index contributed by atoms with van der Waals surface area (Å²) < 4.78 is 30.9. The number of anilines is 2. The average Bonchev–Trinajstić information content (AvgIpc) is 4.10. The molecule has 6 heterocycles. The SMILES string of the molecule is Cc1cc2c(cc1/N=C1/C(C(C)(C)C)=Nn3nc(C(C)CNS(=O)(=O)c4cccc(C(C)c5nc6n(n5)N=C(C(C)(C)C)/C6=N/c5cc6c(cc5C)N(CCO)C(C)(C)CC6C)c4)nc31)C(C)CC(C)(C)N2CCO. The van der Waals surface area contributed by atoms with Crippen LogP contribution in [0.25, 0.3) is 0 Å². The van der Waals surface area contributed by atoms with E-state index >= 15 is 0 Å². The molecule has 18 heteroatoms. The van der Waals surface area contributed by atoms with Gasteiger partial charge in [0, 0.05) is 64.8 Å². The number of hydrogen-bond donors (Lipinski definition) is 3. The van der Waals surface area contributed by atoms with Crippen LogP contribution in [0.1, 0.15) is 185 Å². The molecule has 4 unspecified atom stereocenters. The molecule has 75 heavy (non-hydrogen) atoms. The number of β-amino-alcohol motifs (C(OH)–C–C–N with tert-alkyl or cyclic N) is 2. The van der Waals surface area contributed by atoms with Crippen molar-refractivity contribution in [2.24, 2.45) is 31.0 Å². The predicted molar refractivity (Wildman–Crippen MR) is 300 cm³/mol. The van der Waals surface area contributed by atoms with E-state index in [-0.39, 0.29) is 58.4 Å². The minimum atomic E-state index is -3.98. The molecule has 0 bridgehead atoms. The van der Waals surface area contributed by atoms with Crippen LogP contribution < -0.4 is 14.5 Å². The van der Waals surface area contributed by atoms with Gasteiger partial charge in [-0.25, -0.2) is 33.1 Å². The van der Waals surface area contributed by atoms with Gasteiger partial charge in [0.1, 0.15) is 11.4 Å². The van der Waals surface area contributed by atoms with Gasteiger partial charge in [0.15, 0.2) is 11.6 Å². The predicted octanol–water partition coefficient (Wildman–Crippen LogP) is 9.66. The molecular formula is C57H77N13O4S. The van der Waals surface area contributed by atoms with Crippen LogP contribution in [0.15, 0.2) is 73.6 Å². The van der Waals surface area contributed by atoms with Crippen LogP contribution in [-0.4, -0.2) is 115 Å². The number of aryl methyl sites for hydroxylation is 2. The third kappa shape index (κ3) is 10.0. The summed E-state index contributed by atoms with van der Waals surface area (Å²) in [6, 6.07) is 15.6. The number of aliphatic imine (C=N–C) groups is 2. The molecule has 0 aliphatic carbocycles. The molecule has 0 saturated carbocycles. The van der Waals surface area contributed by atoms with E-state index in [1.807, 2.05) is 19.9 Å². The number of benzene rings is 3. The van der Waals surface area contributed by atoms with E-state index in [1.165, 1.54) is 15.9 Å². The normalized spacial score (nSPS) is 21.0. The maximum atomic E-state index is 14.1. The summed E-state index contributed by atoms with van der Waals surface area (Å²) in [6.45, 7) is 35.3. The highest BCUT2D eigenvalue weighted by atomic mass is 32.2. The number of fused-ring (bicyclic) bond motifs is 4. The number of hydrogen-bond acceptors (Lipinski definition) is 14. The molecule has 4 aliphatic heterocycles. The van der Waals surface area contributed by atoms with Crippen molar-refractivity contribution in [2.75, 3.05) is 42.6 Å². The molecule has 3 aromatic carbocycles. The number of rotatable bonds is 13. The van der Waals surface area contributed by atoms with Gasteiger partial charge in [-0.15, -0.1) is 19.8 Å². The van der Waals surface area contributed by atoms with E-state index < -0.39 is 15.9 Å². The van der Waals surface area contributed by atoms with Gasteiger partial charge in [-0.3, -0.25) is 0 Å². The second-order valence-corrected chi connectivity index (χ2v) is 26.5. The van der Waals surface area contributed by atoms with E-state index in [0.29, 0.717) is 53.7 Å². The smallest absolute Gasteiger partial charge is 0.240 e. The van der Waals surface area contributed by atoms with Crippen LogP contribution in [0.2, 0.25) is 0 Å². The second-order valence-electron chi connectivity index (χ2n) is 24.7. The molecule has 3 N–H and O–H groups in total. The Kier molecular flexibility index (Phi) is 13.8. The zero-order chi connectivity index (χ0) is 54.5. The standard InChI is InChI=1S/C57H77N13O4S/c1-32-24-44-40(34(3)29-56(13,14)67(44)20-22-71)27-42(32)59-46-48(54(7,8)9)63-69-52(46)61-50(65-69)36(5)31-58-75(73,74)39-19-17-18-38(26-39)37(6)51-62-53-47(49(55(10,11)12)64-70(53)66-51)60-43-28-41-35(4)30-57(15,16)68(21-23-72)45(41)25-33(43)2/h17-19,24-28,34-37,58,71-72H,20-23,29-31H2,1-16H3/b59-46-,60-47-. The molecular weight excluding hydrogens is 963 g/mol. The Hall–Kier alpha value is -5.95. The first-order valence-electron chi connectivity index (χ1n) is 26.5. The fourth-order valence-electron chi connectivity index (χ4n) is 11.5. The fourth-order valence-corrected chi connectivity index (χ4v) is 12.6. The molecule has 2 aromatic heterocycles. The largest absolute Gasteiger partial charge is 0.395 e. The van der Waals surface area contributed by atoms with Gasteiger partial charge in [-0.05, 0) is 130 Å². The summed E-state index contributed by atoms with van der Waals surface area (Å²) in [5, 5.41) is 39.4. The molecule has 5 aromatic rings. The van der Waals surface area contributed by atoms with Crippen molar-refractivity contribution in [3.8, 4) is 0 Å². The second kappa shape index (κ2) is 19.3. The maximum absolute atomic E-state index is 14.1. The summed E-state index contributed by atoms with van der Waals surface area (Å²) >= 11 is 0. The number of sulfonamides is 1. The lowest BCUT2D eigenvalue weighted by atomic mass is 9.79. The molecule has 17 nitrogen and oxygen atoms in total. The van der Waals surface area contributed by atoms with E-state index in [2.05, 4.69) is 136 Å². The molecule has 0 amide bonds. The number of nitrogens with one attached hydrogen (secondary N) is 1. The number of aliphatic hydroxyl groups is 2. The fraction of sp³-hybridized carbons (Fsp3) is 0.544. The monoisotopic (exact) mass is 1040 g/mol. The molecule has 4 atom stereocenters. The van der Waals surface area contributed by atoms with E-state index in [4.69, 9.17) is 40.4 Å². The Labute approximate surface area is 443 Å². The Morgan fingerprint density at radius 2 is 1.16 bits per heavy atom. The van der Waals surface area contributed by atoms with Gasteiger partial charge >= 0.3 is 0 Å². The molecule has 4 aliphatic rings. The first-order valence-corrected chi connectivity index (χ1v) is 28.0. The van der Waals surface area contributed by atoms with Crippen LogP contribution in [0.5, 0.6) is 0 Å². The molecule has 9 rings (SSSR count). The molecule has 0 radical (unpaired) electrons. The first-order chi connectivity index (χ1) is 35.0. The Bertz CT molecular complexity index is 3310. The van der Waals surface area contributed by atoms with Crippen molar-refractivity contribution >= 4 is 55.6 Å². The summed E-state index contributed by atoms with van der Waals surface area (Å²) in [4.78, 5) is 28.4. The quantitative estimate of drug-likeness (QED) is 0.102. The third-order valence-electron chi connectivity index (χ3n) is 15.5. The van der Waals surface area contributed by atoms with Crippen molar-refractivity contribution in [2.45, 2.75) is 163 Å². The van der Waals surface area contributed by atoms with E-state index in [0.717, 1.165) is 63.7 Å². The highest BCUT2D eigenvalue weighted by Gasteiger charge is 2.41. The van der Waals surface area contributed by atoms with Crippen LogP contribution in [0, 0.1) is 24.7 Å². The van der Waals surface area contributed by atoms with Crippen LogP contribution in [0.3, 0.4) is 0 Å². The summed E-state index contributed by atoms with van der Waals surface area (Å²) in [7, 11) is -3.98. The van der Waals surface area contributed by atoms with Crippen LogP contribution in [0.4, 0.5) is 22.7 Å². The van der Waals surface area contributed by atoms with Crippen molar-refractivity contribution < 1.29 is 18.6 Å². The van der Waals surface area contributed by atoms with Crippen LogP contribution in [-0.2, 0) is 10.0 Å². The van der Waals surface area contributed by atoms with Crippen molar-refractivity contribution in [1.82, 2.24) is 34.5 Å². The van der Waals surface area contributed by atoms with Gasteiger partial charge in [-0.2, -0.15) is 10.2 Å². The third-order valence-corrected chi connectivity index (χ3v) is 16.9. The first kappa shape index (κ1) is 53.9. The Morgan fingerprint density at radius 3 is 1.61 bits per heavy atom. The Morgan fingerprint density at radius 1 is 0.707 bits per heavy atom. The topological polar surface area (TPSA) is 204 Å². The minimum absolute atomic E-state index is 0.0451. The van der Waals surface area contributed by atoms with Gasteiger partial charge in [-0.1, -0.05) is 81.4 Å². The van der Waals surface area contributed by atoms with E-state index in [9.17, 15) is 18.6 Å². The number of nitrogens with zero attached hydrogens (tertiary/aromatic N) is 12. The van der Waals surface area contributed by atoms with E-state index in [1.54, 1.807) is 23.0 Å². The molecule has 400 valence electrons. The van der Waals surface area contributed by atoms with Crippen molar-refractivity contribution in [1.29, 1.82) is 0 Å². The van der Waals surface area contributed by atoms with Gasteiger partial charge in [0.2, 0.25) is 21.7 Å². The molecule has 0 saturated heterocycles. The lowest BCUT2D eigenvalue weighted by molar-refractivity contribution is 0.277. The molecule has 0 spiro atoms. The van der Waals surface area contributed by atoms with Gasteiger partial charge in [0.25, 0.3) is 0 Å².